The number of rotatable bonds is 5. The predicted molar refractivity (Wildman–Crippen MR) is 99.1 cm³/mol. The van der Waals surface area contributed by atoms with E-state index in [4.69, 9.17) is 5.11 Å². The Balaban J connectivity index is 1.69. The normalized spacial score (nSPS) is 16.8. The molecular formula is C18H25N5O3. The maximum atomic E-state index is 12.4. The van der Waals surface area contributed by atoms with Gasteiger partial charge in [0.25, 0.3) is 0 Å². The molecule has 1 unspecified atom stereocenters. The van der Waals surface area contributed by atoms with E-state index in [2.05, 4.69) is 10.00 Å². The van der Waals surface area contributed by atoms with Gasteiger partial charge in [0, 0.05) is 31.9 Å². The summed E-state index contributed by atoms with van der Waals surface area (Å²) in [5.41, 5.74) is 1.70. The topological polar surface area (TPSA) is 83.6 Å². The lowest BCUT2D eigenvalue weighted by atomic mass is 10.2. The van der Waals surface area contributed by atoms with Crippen LogP contribution in [0.1, 0.15) is 26.8 Å². The van der Waals surface area contributed by atoms with Gasteiger partial charge in [0.1, 0.15) is 12.4 Å². The van der Waals surface area contributed by atoms with Crippen LogP contribution in [0.3, 0.4) is 0 Å². The van der Waals surface area contributed by atoms with Crippen molar-refractivity contribution >= 4 is 11.7 Å². The highest BCUT2D eigenvalue weighted by Gasteiger charge is 2.25. The Kier molecular flexibility index (Phi) is 5.13. The predicted octanol–water partition coefficient (Wildman–Crippen LogP) is 1.21. The van der Waals surface area contributed by atoms with E-state index in [0.29, 0.717) is 0 Å². The molecule has 0 radical (unpaired) electrons. The first-order valence-corrected chi connectivity index (χ1v) is 8.87. The van der Waals surface area contributed by atoms with E-state index < -0.39 is 12.0 Å². The van der Waals surface area contributed by atoms with Crippen LogP contribution in [0, 0.1) is 0 Å². The number of aromatic nitrogens is 3. The van der Waals surface area contributed by atoms with Crippen molar-refractivity contribution in [3.8, 4) is 5.69 Å². The molecule has 1 fully saturated rings. The highest BCUT2D eigenvalue weighted by molar-refractivity contribution is 5.73. The zero-order chi connectivity index (χ0) is 18.8. The first-order chi connectivity index (χ1) is 12.4. The fourth-order valence-electron chi connectivity index (χ4n) is 3.20. The van der Waals surface area contributed by atoms with Crippen molar-refractivity contribution in [2.24, 2.45) is 0 Å². The van der Waals surface area contributed by atoms with Gasteiger partial charge in [0.15, 0.2) is 0 Å². The maximum Gasteiger partial charge on any atom is 0.350 e. The Bertz CT molecular complexity index is 816. The molecular weight excluding hydrogens is 334 g/mol. The average Bonchev–Trinajstić information content (AvgIpc) is 3.03. The lowest BCUT2D eigenvalue weighted by Crippen LogP contribution is -2.51. The summed E-state index contributed by atoms with van der Waals surface area (Å²) < 4.78 is 2.99. The fraction of sp³-hybridized carbons (Fsp3) is 0.500. The minimum absolute atomic E-state index is 0.0208. The standard InChI is InChI=1S/C18H25N5O3/c1-13(2)23-18(26)22(12-19-23)16-6-4-15(5-7-16)21-10-8-20(9-11-21)14(3)17(24)25/h4-7,12-14H,8-11H2,1-3H3,(H,24,25). The van der Waals surface area contributed by atoms with Crippen LogP contribution in [-0.4, -0.2) is 62.5 Å². The third kappa shape index (κ3) is 3.50. The summed E-state index contributed by atoms with van der Waals surface area (Å²) in [4.78, 5) is 27.7. The molecule has 1 aliphatic rings. The molecule has 8 heteroatoms. The molecule has 1 saturated heterocycles. The molecule has 0 amide bonds. The molecule has 1 aromatic carbocycles. The van der Waals surface area contributed by atoms with Crippen LogP contribution >= 0.6 is 0 Å². The third-order valence-electron chi connectivity index (χ3n) is 4.90. The number of piperazine rings is 1. The van der Waals surface area contributed by atoms with Gasteiger partial charge in [-0.1, -0.05) is 0 Å². The minimum Gasteiger partial charge on any atom is -0.480 e. The second-order valence-electron chi connectivity index (χ2n) is 6.88. The summed E-state index contributed by atoms with van der Waals surface area (Å²) in [6.45, 7) is 8.57. The Morgan fingerprint density at radius 1 is 1.04 bits per heavy atom. The van der Waals surface area contributed by atoms with Crippen molar-refractivity contribution in [1.29, 1.82) is 0 Å². The summed E-state index contributed by atoms with van der Waals surface area (Å²) in [5.74, 6) is -0.782. The molecule has 8 nitrogen and oxygen atoms in total. The number of nitrogens with zero attached hydrogens (tertiary/aromatic N) is 5. The van der Waals surface area contributed by atoms with Crippen LogP contribution in [0.5, 0.6) is 0 Å². The molecule has 0 saturated carbocycles. The smallest absolute Gasteiger partial charge is 0.350 e. The number of anilines is 1. The summed E-state index contributed by atoms with van der Waals surface area (Å²) in [6, 6.07) is 7.37. The average molecular weight is 359 g/mol. The van der Waals surface area contributed by atoms with Gasteiger partial charge in [-0.25, -0.2) is 14.0 Å². The molecule has 26 heavy (non-hydrogen) atoms. The molecule has 0 bridgehead atoms. The van der Waals surface area contributed by atoms with Crippen LogP contribution in [0.4, 0.5) is 5.69 Å². The van der Waals surface area contributed by atoms with Crippen molar-refractivity contribution in [3.63, 3.8) is 0 Å². The molecule has 1 N–H and O–H groups in total. The number of carboxylic acids is 1. The minimum atomic E-state index is -0.782. The number of carbonyl (C=O) groups is 1. The van der Waals surface area contributed by atoms with Crippen molar-refractivity contribution < 1.29 is 9.90 Å². The van der Waals surface area contributed by atoms with E-state index >= 15 is 0 Å². The molecule has 2 aromatic rings. The highest BCUT2D eigenvalue weighted by atomic mass is 16.4. The van der Waals surface area contributed by atoms with Crippen LogP contribution in [0.2, 0.25) is 0 Å². The van der Waals surface area contributed by atoms with E-state index in [1.807, 2.05) is 43.0 Å². The van der Waals surface area contributed by atoms with Crippen molar-refractivity contribution in [2.75, 3.05) is 31.1 Å². The van der Waals surface area contributed by atoms with E-state index in [1.165, 1.54) is 9.25 Å². The zero-order valence-electron chi connectivity index (χ0n) is 15.4. The summed E-state index contributed by atoms with van der Waals surface area (Å²) in [7, 11) is 0. The molecule has 3 rings (SSSR count). The van der Waals surface area contributed by atoms with Crippen LogP contribution in [-0.2, 0) is 4.79 Å². The van der Waals surface area contributed by atoms with Gasteiger partial charge in [-0.15, -0.1) is 0 Å². The van der Waals surface area contributed by atoms with E-state index in [-0.39, 0.29) is 11.7 Å². The summed E-state index contributed by atoms with van der Waals surface area (Å²) >= 11 is 0. The highest BCUT2D eigenvalue weighted by Crippen LogP contribution is 2.19. The molecule has 1 aliphatic heterocycles. The number of aliphatic carboxylic acids is 1. The quantitative estimate of drug-likeness (QED) is 0.864. The molecule has 1 aromatic heterocycles. The summed E-state index contributed by atoms with van der Waals surface area (Å²) in [5, 5.41) is 13.3. The zero-order valence-corrected chi connectivity index (χ0v) is 15.4. The Hall–Kier alpha value is -2.61. The SMILES string of the molecule is CC(C(=O)O)N1CCN(c2ccc(-n3cnn(C(C)C)c3=O)cc2)CC1. The van der Waals surface area contributed by atoms with Gasteiger partial charge in [-0.05, 0) is 45.0 Å². The van der Waals surface area contributed by atoms with Gasteiger partial charge >= 0.3 is 11.7 Å². The van der Waals surface area contributed by atoms with Gasteiger partial charge in [-0.2, -0.15) is 5.10 Å². The number of hydrogen-bond acceptors (Lipinski definition) is 5. The number of hydrogen-bond donors (Lipinski definition) is 1. The fourth-order valence-corrected chi connectivity index (χ4v) is 3.20. The van der Waals surface area contributed by atoms with Crippen LogP contribution in [0.15, 0.2) is 35.4 Å². The van der Waals surface area contributed by atoms with Crippen molar-refractivity contribution in [3.05, 3.63) is 41.1 Å². The van der Waals surface area contributed by atoms with E-state index in [0.717, 1.165) is 37.6 Å². The molecule has 2 heterocycles. The number of benzene rings is 1. The first-order valence-electron chi connectivity index (χ1n) is 8.87. The van der Waals surface area contributed by atoms with Gasteiger partial charge in [0.05, 0.1) is 11.7 Å². The second kappa shape index (κ2) is 7.33. The molecule has 0 aliphatic carbocycles. The largest absolute Gasteiger partial charge is 0.480 e. The van der Waals surface area contributed by atoms with Gasteiger partial charge in [-0.3, -0.25) is 9.69 Å². The van der Waals surface area contributed by atoms with E-state index in [1.54, 1.807) is 13.3 Å². The summed E-state index contributed by atoms with van der Waals surface area (Å²) in [6.07, 6.45) is 1.55. The maximum absolute atomic E-state index is 12.4. The molecule has 140 valence electrons. The molecule has 1 atom stereocenters. The van der Waals surface area contributed by atoms with Crippen LogP contribution < -0.4 is 10.6 Å². The third-order valence-corrected chi connectivity index (χ3v) is 4.90. The van der Waals surface area contributed by atoms with Gasteiger partial charge < -0.3 is 10.0 Å². The first kappa shape index (κ1) is 18.2. The van der Waals surface area contributed by atoms with Gasteiger partial charge in [0.2, 0.25) is 0 Å². The Morgan fingerprint density at radius 2 is 1.62 bits per heavy atom. The number of carboxylic acid groups (broad SMARTS) is 1. The lowest BCUT2D eigenvalue weighted by molar-refractivity contribution is -0.142. The molecule has 0 spiro atoms. The lowest BCUT2D eigenvalue weighted by Gasteiger charge is -2.37. The van der Waals surface area contributed by atoms with Crippen molar-refractivity contribution in [2.45, 2.75) is 32.9 Å². The van der Waals surface area contributed by atoms with E-state index in [9.17, 15) is 9.59 Å². The monoisotopic (exact) mass is 359 g/mol. The van der Waals surface area contributed by atoms with Crippen molar-refractivity contribution in [1.82, 2.24) is 19.2 Å². The Morgan fingerprint density at radius 3 is 2.12 bits per heavy atom. The second-order valence-corrected chi connectivity index (χ2v) is 6.88. The van der Waals surface area contributed by atoms with Crippen LogP contribution in [0.25, 0.3) is 5.69 Å². The Labute approximate surface area is 152 Å².